The number of furan rings is 1. The predicted octanol–water partition coefficient (Wildman–Crippen LogP) is 1.61. The fraction of sp³-hybridized carbons (Fsp3) is 0.167. The van der Waals surface area contributed by atoms with E-state index in [1.165, 1.54) is 17.6 Å². The van der Waals surface area contributed by atoms with Crippen molar-refractivity contribution in [2.45, 2.75) is 6.92 Å². The predicted molar refractivity (Wildman–Crippen MR) is 69.4 cm³/mol. The number of aromatic nitrogens is 1. The third-order valence-corrected chi connectivity index (χ3v) is 2.94. The summed E-state index contributed by atoms with van der Waals surface area (Å²) in [5.74, 6) is 5.55. The molecule has 0 fully saturated rings. The monoisotopic (exact) mass is 261 g/mol. The summed E-state index contributed by atoms with van der Waals surface area (Å²) in [4.78, 5) is 16.6. The van der Waals surface area contributed by atoms with Crippen molar-refractivity contribution in [3.05, 3.63) is 34.7 Å². The van der Waals surface area contributed by atoms with Gasteiger partial charge in [-0.2, -0.15) is 0 Å². The van der Waals surface area contributed by atoms with E-state index in [4.69, 9.17) is 10.2 Å². The molecule has 92 valence electrons. The van der Waals surface area contributed by atoms with E-state index in [1.54, 1.807) is 19.2 Å². The van der Waals surface area contributed by atoms with Crippen LogP contribution in [0.4, 0.5) is 5.13 Å². The minimum Gasteiger partial charge on any atom is -0.459 e. The average molecular weight is 261 g/mol. The molecule has 0 aliphatic rings. The quantitative estimate of drug-likeness (QED) is 0.805. The maximum Gasteiger partial charge on any atom is 0.293 e. The zero-order valence-corrected chi connectivity index (χ0v) is 10.5. The lowest BCUT2D eigenvalue weighted by molar-refractivity contribution is 0.0996. The summed E-state index contributed by atoms with van der Waals surface area (Å²) >= 11 is 1.29. The fourth-order valence-electron chi connectivity index (χ4n) is 1.29. The molecule has 2 aromatic heterocycles. The molecule has 0 aliphatic carbocycles. The van der Waals surface area contributed by atoms with Gasteiger partial charge in [0.2, 0.25) is 0 Å². The Balaban J connectivity index is 2.08. The third kappa shape index (κ3) is 2.77. The number of nitrogens with one attached hydrogen (secondary N) is 1. The second kappa shape index (κ2) is 5.49. The van der Waals surface area contributed by atoms with Gasteiger partial charge in [0, 0.05) is 5.56 Å². The molecular weight excluding hydrogens is 250 g/mol. The Labute approximate surface area is 108 Å². The molecule has 2 aromatic rings. The zero-order chi connectivity index (χ0) is 13.0. The number of hydrogen-bond acceptors (Lipinski definition) is 5. The topological polar surface area (TPSA) is 81.2 Å². The molecule has 2 rings (SSSR count). The molecule has 5 nitrogen and oxygen atoms in total. The number of nitrogens with two attached hydrogens (primary N) is 1. The number of aryl methyl sites for hydroxylation is 1. The highest BCUT2D eigenvalue weighted by Gasteiger charge is 2.14. The second-order valence-electron chi connectivity index (χ2n) is 3.42. The number of amides is 1. The van der Waals surface area contributed by atoms with Crippen LogP contribution in [0.25, 0.3) is 0 Å². The Hall–Kier alpha value is -2.10. The largest absolute Gasteiger partial charge is 0.459 e. The Kier molecular flexibility index (Phi) is 3.77. The number of thiazole rings is 1. The summed E-state index contributed by atoms with van der Waals surface area (Å²) < 4.78 is 5.09. The number of anilines is 1. The summed E-state index contributed by atoms with van der Waals surface area (Å²) in [7, 11) is 0. The van der Waals surface area contributed by atoms with Gasteiger partial charge in [-0.3, -0.25) is 10.1 Å². The highest BCUT2D eigenvalue weighted by molar-refractivity contribution is 7.16. The normalized spacial score (nSPS) is 9.67. The SMILES string of the molecule is Cc1ccoc1C(=O)Nc1ncc(C#CCN)s1. The first-order valence-electron chi connectivity index (χ1n) is 5.21. The Morgan fingerprint density at radius 1 is 1.67 bits per heavy atom. The molecule has 0 saturated heterocycles. The highest BCUT2D eigenvalue weighted by atomic mass is 32.1. The minimum absolute atomic E-state index is 0.291. The van der Waals surface area contributed by atoms with Crippen LogP contribution in [0.1, 0.15) is 21.0 Å². The van der Waals surface area contributed by atoms with Crippen molar-refractivity contribution in [1.82, 2.24) is 4.98 Å². The van der Waals surface area contributed by atoms with E-state index in [0.717, 1.165) is 10.4 Å². The van der Waals surface area contributed by atoms with Crippen LogP contribution in [0.15, 0.2) is 22.9 Å². The molecule has 18 heavy (non-hydrogen) atoms. The van der Waals surface area contributed by atoms with Gasteiger partial charge in [-0.1, -0.05) is 23.2 Å². The number of rotatable bonds is 2. The van der Waals surface area contributed by atoms with Gasteiger partial charge in [-0.25, -0.2) is 4.98 Å². The van der Waals surface area contributed by atoms with Gasteiger partial charge < -0.3 is 10.2 Å². The van der Waals surface area contributed by atoms with Crippen LogP contribution >= 0.6 is 11.3 Å². The fourth-order valence-corrected chi connectivity index (χ4v) is 1.97. The standard InChI is InChI=1S/C12H11N3O2S/c1-8-4-6-17-10(8)11(16)15-12-14-7-9(18-12)3-2-5-13/h4,6-7H,5,13H2,1H3,(H,14,15,16). The minimum atomic E-state index is -0.315. The summed E-state index contributed by atoms with van der Waals surface area (Å²) in [6.07, 6.45) is 3.07. The summed E-state index contributed by atoms with van der Waals surface area (Å²) in [6.45, 7) is 2.10. The molecule has 0 atom stereocenters. The lowest BCUT2D eigenvalue weighted by Gasteiger charge is -1.98. The smallest absolute Gasteiger partial charge is 0.293 e. The molecule has 1 amide bonds. The van der Waals surface area contributed by atoms with Crippen molar-refractivity contribution in [2.75, 3.05) is 11.9 Å². The van der Waals surface area contributed by atoms with Crippen LogP contribution < -0.4 is 11.1 Å². The number of hydrogen-bond donors (Lipinski definition) is 2. The number of carbonyl (C=O) groups excluding carboxylic acids is 1. The Morgan fingerprint density at radius 3 is 3.17 bits per heavy atom. The Morgan fingerprint density at radius 2 is 2.50 bits per heavy atom. The van der Waals surface area contributed by atoms with Crippen LogP contribution in [-0.2, 0) is 0 Å². The van der Waals surface area contributed by atoms with E-state index in [0.29, 0.717) is 17.4 Å². The molecule has 0 bridgehead atoms. The van der Waals surface area contributed by atoms with E-state index >= 15 is 0 Å². The lowest BCUT2D eigenvalue weighted by Crippen LogP contribution is -2.11. The first-order chi connectivity index (χ1) is 8.70. The third-order valence-electron chi connectivity index (χ3n) is 2.11. The van der Waals surface area contributed by atoms with Gasteiger partial charge in [0.05, 0.1) is 23.9 Å². The molecular formula is C12H11N3O2S. The number of nitrogens with zero attached hydrogens (tertiary/aromatic N) is 1. The molecule has 2 heterocycles. The number of carbonyl (C=O) groups is 1. The van der Waals surface area contributed by atoms with Crippen LogP contribution in [0.3, 0.4) is 0 Å². The highest BCUT2D eigenvalue weighted by Crippen LogP contribution is 2.18. The van der Waals surface area contributed by atoms with Crippen molar-refractivity contribution >= 4 is 22.4 Å². The summed E-state index contributed by atoms with van der Waals surface area (Å²) in [5.41, 5.74) is 6.06. The van der Waals surface area contributed by atoms with Crippen LogP contribution in [0, 0.1) is 18.8 Å². The van der Waals surface area contributed by atoms with Crippen molar-refractivity contribution in [3.8, 4) is 11.8 Å². The molecule has 0 aromatic carbocycles. The average Bonchev–Trinajstić information content (AvgIpc) is 2.95. The van der Waals surface area contributed by atoms with E-state index < -0.39 is 0 Å². The molecule has 6 heteroatoms. The summed E-state index contributed by atoms with van der Waals surface area (Å²) in [6, 6.07) is 1.73. The van der Waals surface area contributed by atoms with E-state index in [-0.39, 0.29) is 5.91 Å². The molecule has 3 N–H and O–H groups in total. The first-order valence-corrected chi connectivity index (χ1v) is 6.02. The van der Waals surface area contributed by atoms with Crippen LogP contribution in [-0.4, -0.2) is 17.4 Å². The molecule has 0 unspecified atom stereocenters. The van der Waals surface area contributed by atoms with E-state index in [9.17, 15) is 4.79 Å². The maximum absolute atomic E-state index is 11.8. The first kappa shape index (κ1) is 12.4. The molecule has 0 saturated carbocycles. The van der Waals surface area contributed by atoms with Gasteiger partial charge in [0.15, 0.2) is 10.9 Å². The molecule has 0 radical (unpaired) electrons. The summed E-state index contributed by atoms with van der Waals surface area (Å²) in [5, 5.41) is 3.14. The van der Waals surface area contributed by atoms with Crippen molar-refractivity contribution in [1.29, 1.82) is 0 Å². The van der Waals surface area contributed by atoms with Crippen molar-refractivity contribution in [3.63, 3.8) is 0 Å². The van der Waals surface area contributed by atoms with Crippen LogP contribution in [0.5, 0.6) is 0 Å². The maximum atomic E-state index is 11.8. The van der Waals surface area contributed by atoms with Gasteiger partial charge in [0.25, 0.3) is 5.91 Å². The Bertz CT molecular complexity index is 619. The second-order valence-corrected chi connectivity index (χ2v) is 4.45. The lowest BCUT2D eigenvalue weighted by atomic mass is 10.3. The van der Waals surface area contributed by atoms with E-state index in [2.05, 4.69) is 22.1 Å². The van der Waals surface area contributed by atoms with E-state index in [1.807, 2.05) is 0 Å². The molecule has 0 spiro atoms. The zero-order valence-electron chi connectivity index (χ0n) is 9.69. The van der Waals surface area contributed by atoms with Crippen molar-refractivity contribution < 1.29 is 9.21 Å². The van der Waals surface area contributed by atoms with Gasteiger partial charge in [0.1, 0.15) is 0 Å². The van der Waals surface area contributed by atoms with Crippen LogP contribution in [0.2, 0.25) is 0 Å². The van der Waals surface area contributed by atoms with Crippen molar-refractivity contribution in [2.24, 2.45) is 5.73 Å². The van der Waals surface area contributed by atoms with Gasteiger partial charge in [-0.15, -0.1) is 0 Å². The molecule has 0 aliphatic heterocycles. The van der Waals surface area contributed by atoms with Gasteiger partial charge in [-0.05, 0) is 13.0 Å². The van der Waals surface area contributed by atoms with Gasteiger partial charge >= 0.3 is 0 Å².